The monoisotopic (exact) mass is 479 g/mol. The van der Waals surface area contributed by atoms with Gasteiger partial charge in [0.15, 0.2) is 11.2 Å². The third-order valence-corrected chi connectivity index (χ3v) is 5.81. The summed E-state index contributed by atoms with van der Waals surface area (Å²) in [4.78, 5) is 12.9. The third-order valence-electron chi connectivity index (χ3n) is 5.07. The molecule has 0 saturated heterocycles. The van der Waals surface area contributed by atoms with E-state index in [1.807, 2.05) is 0 Å². The van der Waals surface area contributed by atoms with Gasteiger partial charge in [-0.05, 0) is 48.0 Å². The van der Waals surface area contributed by atoms with Crippen LogP contribution in [0.3, 0.4) is 0 Å². The van der Waals surface area contributed by atoms with Crippen LogP contribution in [0.2, 0.25) is 10.0 Å². The number of aromatic nitrogens is 1. The zero-order chi connectivity index (χ0) is 22.9. The summed E-state index contributed by atoms with van der Waals surface area (Å²) in [5.41, 5.74) is 2.63. The van der Waals surface area contributed by atoms with Gasteiger partial charge in [-0.1, -0.05) is 40.5 Å². The molecule has 0 fully saturated rings. The van der Waals surface area contributed by atoms with Crippen LogP contribution in [-0.4, -0.2) is 10.3 Å². The van der Waals surface area contributed by atoms with Crippen molar-refractivity contribution in [3.63, 3.8) is 0 Å². The molecule has 0 radical (unpaired) electrons. The van der Waals surface area contributed by atoms with Gasteiger partial charge in [0.25, 0.3) is 0 Å². The van der Waals surface area contributed by atoms with Crippen molar-refractivity contribution in [2.45, 2.75) is 6.61 Å². The smallest absolute Gasteiger partial charge is 0.200 e. The Balaban J connectivity index is 1.34. The van der Waals surface area contributed by atoms with E-state index in [4.69, 9.17) is 36.9 Å². The average Bonchev–Trinajstić information content (AvgIpc) is 3.30. The summed E-state index contributed by atoms with van der Waals surface area (Å²) in [6.07, 6.45) is 1.40. The van der Waals surface area contributed by atoms with E-state index in [9.17, 15) is 9.90 Å². The summed E-state index contributed by atoms with van der Waals surface area (Å²) >= 11 is 12.0. The summed E-state index contributed by atoms with van der Waals surface area (Å²) in [5, 5.41) is 14.8. The maximum Gasteiger partial charge on any atom is 0.200 e. The highest BCUT2D eigenvalue weighted by Crippen LogP contribution is 2.29. The van der Waals surface area contributed by atoms with Gasteiger partial charge in [0.05, 0.1) is 21.0 Å². The predicted molar refractivity (Wildman–Crippen MR) is 126 cm³/mol. The van der Waals surface area contributed by atoms with Gasteiger partial charge in [-0.3, -0.25) is 4.79 Å². The van der Waals surface area contributed by atoms with Gasteiger partial charge in [0.1, 0.15) is 35.6 Å². The number of aromatic hydroxyl groups is 1. The van der Waals surface area contributed by atoms with E-state index < -0.39 is 0 Å². The van der Waals surface area contributed by atoms with E-state index in [0.717, 1.165) is 5.56 Å². The highest BCUT2D eigenvalue weighted by atomic mass is 35.5. The van der Waals surface area contributed by atoms with Gasteiger partial charge in [-0.25, -0.2) is 0 Å². The number of hydrogen-bond acceptors (Lipinski definition) is 6. The molecule has 0 aliphatic rings. The van der Waals surface area contributed by atoms with Crippen LogP contribution in [0.15, 0.2) is 86.7 Å². The molecule has 0 bridgehead atoms. The lowest BCUT2D eigenvalue weighted by molar-refractivity contribution is 0.290. The van der Waals surface area contributed by atoms with Crippen LogP contribution >= 0.6 is 23.2 Å². The van der Waals surface area contributed by atoms with Crippen LogP contribution in [0.4, 0.5) is 0 Å². The highest BCUT2D eigenvalue weighted by Gasteiger charge is 2.12. The SMILES string of the molecule is O=c1c(-c2ccc(O)cc2)coc2cc(OCc3cc(-c4ccc(Cl)c(Cl)c4)on3)ccc12. The maximum atomic E-state index is 12.9. The van der Waals surface area contributed by atoms with E-state index in [0.29, 0.717) is 49.3 Å². The summed E-state index contributed by atoms with van der Waals surface area (Å²) in [7, 11) is 0. The second-order valence-corrected chi connectivity index (χ2v) is 8.10. The van der Waals surface area contributed by atoms with E-state index in [1.165, 1.54) is 18.4 Å². The Bertz CT molecular complexity index is 1520. The molecule has 33 heavy (non-hydrogen) atoms. The van der Waals surface area contributed by atoms with Gasteiger partial charge in [-0.15, -0.1) is 0 Å². The molecule has 3 aromatic carbocycles. The standard InChI is InChI=1S/C25H15Cl2NO5/c26-21-8-3-15(9-22(21)27)23-10-16(28-33-23)12-31-18-6-7-19-24(11-18)32-13-20(25(19)30)14-1-4-17(29)5-2-14/h1-11,13,29H,12H2. The summed E-state index contributed by atoms with van der Waals surface area (Å²) in [6, 6.07) is 18.3. The van der Waals surface area contributed by atoms with Crippen molar-refractivity contribution in [2.75, 3.05) is 0 Å². The van der Waals surface area contributed by atoms with Crippen LogP contribution < -0.4 is 10.2 Å². The Morgan fingerprint density at radius 3 is 2.48 bits per heavy atom. The first-order valence-corrected chi connectivity index (χ1v) is 10.6. The Morgan fingerprint density at radius 1 is 0.909 bits per heavy atom. The molecule has 6 nitrogen and oxygen atoms in total. The molecule has 0 unspecified atom stereocenters. The molecular formula is C25H15Cl2NO5. The Labute approximate surface area is 197 Å². The van der Waals surface area contributed by atoms with Crippen molar-refractivity contribution in [3.8, 4) is 33.9 Å². The molecule has 2 heterocycles. The maximum absolute atomic E-state index is 12.9. The first-order valence-electron chi connectivity index (χ1n) is 9.87. The number of ether oxygens (including phenoxy) is 1. The molecular weight excluding hydrogens is 465 g/mol. The van der Waals surface area contributed by atoms with Crippen molar-refractivity contribution < 1.29 is 18.8 Å². The van der Waals surface area contributed by atoms with Gasteiger partial charge >= 0.3 is 0 Å². The number of hydrogen-bond donors (Lipinski definition) is 1. The molecule has 5 aromatic rings. The quantitative estimate of drug-likeness (QED) is 0.301. The number of nitrogens with zero attached hydrogens (tertiary/aromatic N) is 1. The molecule has 0 aliphatic carbocycles. The highest BCUT2D eigenvalue weighted by molar-refractivity contribution is 6.42. The van der Waals surface area contributed by atoms with Gasteiger partial charge in [-0.2, -0.15) is 0 Å². The third kappa shape index (κ3) is 4.31. The largest absolute Gasteiger partial charge is 0.508 e. The average molecular weight is 480 g/mol. The molecule has 0 amide bonds. The molecule has 0 atom stereocenters. The number of halogens is 2. The lowest BCUT2D eigenvalue weighted by atomic mass is 10.1. The minimum Gasteiger partial charge on any atom is -0.508 e. The first-order chi connectivity index (χ1) is 16.0. The molecule has 5 rings (SSSR count). The van der Waals surface area contributed by atoms with Gasteiger partial charge in [0, 0.05) is 17.7 Å². The Morgan fingerprint density at radius 2 is 1.70 bits per heavy atom. The first kappa shape index (κ1) is 21.1. The van der Waals surface area contributed by atoms with Crippen molar-refractivity contribution in [1.82, 2.24) is 5.16 Å². The van der Waals surface area contributed by atoms with Crippen LogP contribution in [0.1, 0.15) is 5.69 Å². The molecule has 0 spiro atoms. The number of rotatable bonds is 5. The molecule has 2 aromatic heterocycles. The van der Waals surface area contributed by atoms with Crippen LogP contribution in [0.25, 0.3) is 33.4 Å². The van der Waals surface area contributed by atoms with Crippen molar-refractivity contribution in [2.24, 2.45) is 0 Å². The van der Waals surface area contributed by atoms with Crippen LogP contribution in [-0.2, 0) is 6.61 Å². The fourth-order valence-electron chi connectivity index (χ4n) is 3.36. The Kier molecular flexibility index (Phi) is 5.54. The Hall–Kier alpha value is -3.74. The molecule has 0 aliphatic heterocycles. The van der Waals surface area contributed by atoms with Crippen molar-refractivity contribution in [1.29, 1.82) is 0 Å². The van der Waals surface area contributed by atoms with Crippen LogP contribution in [0, 0.1) is 0 Å². The number of phenolic OH excluding ortho intramolecular Hbond substituents is 1. The summed E-state index contributed by atoms with van der Waals surface area (Å²) in [6.45, 7) is 0.159. The second kappa shape index (κ2) is 8.65. The second-order valence-electron chi connectivity index (χ2n) is 7.28. The molecule has 0 saturated carbocycles. The lowest BCUT2D eigenvalue weighted by Crippen LogP contribution is -2.05. The van der Waals surface area contributed by atoms with E-state index in [2.05, 4.69) is 5.16 Å². The molecule has 1 N–H and O–H groups in total. The van der Waals surface area contributed by atoms with E-state index in [-0.39, 0.29) is 17.8 Å². The number of benzene rings is 3. The van der Waals surface area contributed by atoms with E-state index >= 15 is 0 Å². The van der Waals surface area contributed by atoms with Gasteiger partial charge < -0.3 is 18.8 Å². The fourth-order valence-corrected chi connectivity index (χ4v) is 3.66. The van der Waals surface area contributed by atoms with Gasteiger partial charge in [0.2, 0.25) is 0 Å². The van der Waals surface area contributed by atoms with Crippen molar-refractivity contribution >= 4 is 34.2 Å². The van der Waals surface area contributed by atoms with Crippen LogP contribution in [0.5, 0.6) is 11.5 Å². The normalized spacial score (nSPS) is 11.1. The minimum absolute atomic E-state index is 0.127. The predicted octanol–water partition coefficient (Wildman–Crippen LogP) is 6.71. The number of phenols is 1. The van der Waals surface area contributed by atoms with Crippen molar-refractivity contribution in [3.05, 3.63) is 99.0 Å². The minimum atomic E-state index is -0.170. The molecule has 8 heteroatoms. The topological polar surface area (TPSA) is 85.7 Å². The van der Waals surface area contributed by atoms with E-state index in [1.54, 1.807) is 54.6 Å². The number of fused-ring (bicyclic) bond motifs is 1. The summed E-state index contributed by atoms with van der Waals surface area (Å²) in [5.74, 6) is 1.18. The summed E-state index contributed by atoms with van der Waals surface area (Å²) < 4.78 is 16.9. The molecule has 164 valence electrons. The fraction of sp³-hybridized carbons (Fsp3) is 0.0400. The zero-order valence-electron chi connectivity index (χ0n) is 16.9. The lowest BCUT2D eigenvalue weighted by Gasteiger charge is -2.06. The zero-order valence-corrected chi connectivity index (χ0v) is 18.4.